The van der Waals surface area contributed by atoms with E-state index in [4.69, 9.17) is 15.3 Å². The van der Waals surface area contributed by atoms with Crippen molar-refractivity contribution in [1.29, 1.82) is 0 Å². The summed E-state index contributed by atoms with van der Waals surface area (Å²) in [5, 5.41) is 13.9. The van der Waals surface area contributed by atoms with Crippen molar-refractivity contribution >= 4 is 21.6 Å². The first kappa shape index (κ1) is 12.2. The van der Waals surface area contributed by atoms with Crippen LogP contribution in [0.2, 0.25) is 0 Å². The molecule has 1 aromatic rings. The first-order chi connectivity index (χ1) is 8.19. The van der Waals surface area contributed by atoms with Crippen molar-refractivity contribution in [2.75, 3.05) is 13.7 Å². The predicted octanol–water partition coefficient (Wildman–Crippen LogP) is 1.75. The number of rotatable bonds is 2. The van der Waals surface area contributed by atoms with Crippen molar-refractivity contribution in [2.45, 2.75) is 13.0 Å². The fourth-order valence-corrected chi connectivity index (χ4v) is 2.36. The molecule has 1 aliphatic rings. The molecule has 0 unspecified atom stereocenters. The van der Waals surface area contributed by atoms with Crippen LogP contribution in [0.25, 0.3) is 0 Å². The van der Waals surface area contributed by atoms with E-state index in [1.54, 1.807) is 6.07 Å². The SMILES string of the molecule is CO/N=C1\CCOc2c1cc(CN)c(O)c2Br. The average Bonchev–Trinajstić information content (AvgIpc) is 2.34. The molecular weight excluding hydrogens is 288 g/mol. The zero-order valence-electron chi connectivity index (χ0n) is 9.36. The second kappa shape index (κ2) is 4.93. The predicted molar refractivity (Wildman–Crippen MR) is 67.4 cm³/mol. The van der Waals surface area contributed by atoms with E-state index in [0.717, 1.165) is 11.3 Å². The van der Waals surface area contributed by atoms with Crippen molar-refractivity contribution in [1.82, 2.24) is 0 Å². The van der Waals surface area contributed by atoms with Crippen LogP contribution in [0.15, 0.2) is 15.7 Å². The number of phenolic OH excluding ortho intramolecular Hbond substituents is 1. The van der Waals surface area contributed by atoms with E-state index in [-0.39, 0.29) is 12.3 Å². The number of ether oxygens (including phenoxy) is 1. The maximum absolute atomic E-state index is 9.89. The van der Waals surface area contributed by atoms with Crippen molar-refractivity contribution in [3.8, 4) is 11.5 Å². The molecule has 1 aliphatic heterocycles. The summed E-state index contributed by atoms with van der Waals surface area (Å²) < 4.78 is 6.04. The molecular formula is C11H13BrN2O3. The number of fused-ring (bicyclic) bond motifs is 1. The van der Waals surface area contributed by atoms with Gasteiger partial charge in [0.1, 0.15) is 23.1 Å². The number of aromatic hydroxyl groups is 1. The summed E-state index contributed by atoms with van der Waals surface area (Å²) in [5.74, 6) is 0.701. The number of nitrogens with zero attached hydrogens (tertiary/aromatic N) is 1. The Balaban J connectivity index is 2.62. The van der Waals surface area contributed by atoms with Crippen molar-refractivity contribution in [3.05, 3.63) is 21.7 Å². The van der Waals surface area contributed by atoms with Gasteiger partial charge >= 0.3 is 0 Å². The zero-order chi connectivity index (χ0) is 12.4. The maximum atomic E-state index is 9.89. The van der Waals surface area contributed by atoms with Crippen molar-refractivity contribution in [2.24, 2.45) is 10.9 Å². The third-order valence-electron chi connectivity index (χ3n) is 2.59. The molecule has 92 valence electrons. The summed E-state index contributed by atoms with van der Waals surface area (Å²) in [6.07, 6.45) is 0.669. The van der Waals surface area contributed by atoms with Crippen LogP contribution in [0.1, 0.15) is 17.5 Å². The molecule has 17 heavy (non-hydrogen) atoms. The Morgan fingerprint density at radius 2 is 2.41 bits per heavy atom. The van der Waals surface area contributed by atoms with E-state index in [9.17, 15) is 5.11 Å². The van der Waals surface area contributed by atoms with Crippen LogP contribution in [0.3, 0.4) is 0 Å². The highest BCUT2D eigenvalue weighted by Gasteiger charge is 2.24. The molecule has 5 nitrogen and oxygen atoms in total. The lowest BCUT2D eigenvalue weighted by Crippen LogP contribution is -2.18. The fourth-order valence-electron chi connectivity index (χ4n) is 1.78. The third kappa shape index (κ3) is 2.10. The molecule has 3 N–H and O–H groups in total. The number of oxime groups is 1. The van der Waals surface area contributed by atoms with Gasteiger partial charge in [-0.3, -0.25) is 0 Å². The summed E-state index contributed by atoms with van der Waals surface area (Å²) in [4.78, 5) is 4.81. The summed E-state index contributed by atoms with van der Waals surface area (Å²) in [5.41, 5.74) is 7.83. The van der Waals surface area contributed by atoms with Gasteiger partial charge in [0.2, 0.25) is 0 Å². The third-order valence-corrected chi connectivity index (χ3v) is 3.33. The molecule has 6 heteroatoms. The van der Waals surface area contributed by atoms with Crippen LogP contribution in [0.4, 0.5) is 0 Å². The highest BCUT2D eigenvalue weighted by atomic mass is 79.9. The number of benzene rings is 1. The van der Waals surface area contributed by atoms with E-state index in [1.807, 2.05) is 0 Å². The largest absolute Gasteiger partial charge is 0.506 e. The Labute approximate surface area is 107 Å². The summed E-state index contributed by atoms with van der Waals surface area (Å²) in [6, 6.07) is 1.78. The molecule has 0 atom stereocenters. The van der Waals surface area contributed by atoms with Crippen molar-refractivity contribution < 1.29 is 14.7 Å². The highest BCUT2D eigenvalue weighted by Crippen LogP contribution is 2.41. The van der Waals surface area contributed by atoms with Gasteiger partial charge in [0.05, 0.1) is 12.3 Å². The Morgan fingerprint density at radius 1 is 1.65 bits per heavy atom. The summed E-state index contributed by atoms with van der Waals surface area (Å²) in [6.45, 7) is 0.757. The smallest absolute Gasteiger partial charge is 0.146 e. The second-order valence-corrected chi connectivity index (χ2v) is 4.39. The van der Waals surface area contributed by atoms with Crippen molar-refractivity contribution in [3.63, 3.8) is 0 Å². The number of hydrogen-bond donors (Lipinski definition) is 2. The van der Waals surface area contributed by atoms with Crippen LogP contribution >= 0.6 is 15.9 Å². The van der Waals surface area contributed by atoms with Gasteiger partial charge in [0.25, 0.3) is 0 Å². The molecule has 0 spiro atoms. The molecule has 0 amide bonds. The van der Waals surface area contributed by atoms with Crippen LogP contribution < -0.4 is 10.5 Å². The lowest BCUT2D eigenvalue weighted by atomic mass is 10.0. The minimum Gasteiger partial charge on any atom is -0.506 e. The highest BCUT2D eigenvalue weighted by molar-refractivity contribution is 9.10. The normalized spacial score (nSPS) is 16.5. The van der Waals surface area contributed by atoms with Gasteiger partial charge in [-0.05, 0) is 22.0 Å². The second-order valence-electron chi connectivity index (χ2n) is 3.60. The first-order valence-electron chi connectivity index (χ1n) is 5.16. The fraction of sp³-hybridized carbons (Fsp3) is 0.364. The lowest BCUT2D eigenvalue weighted by molar-refractivity contribution is 0.210. The topological polar surface area (TPSA) is 77.1 Å². The number of phenols is 1. The number of hydrogen-bond acceptors (Lipinski definition) is 5. The zero-order valence-corrected chi connectivity index (χ0v) is 11.0. The molecule has 0 aromatic heterocycles. The minimum absolute atomic E-state index is 0.116. The van der Waals surface area contributed by atoms with E-state index >= 15 is 0 Å². The van der Waals surface area contributed by atoms with E-state index in [1.165, 1.54) is 7.11 Å². The average molecular weight is 301 g/mol. The Morgan fingerprint density at radius 3 is 3.06 bits per heavy atom. The molecule has 0 radical (unpaired) electrons. The molecule has 0 saturated carbocycles. The van der Waals surface area contributed by atoms with Gasteiger partial charge in [0.15, 0.2) is 0 Å². The van der Waals surface area contributed by atoms with Gasteiger partial charge in [-0.2, -0.15) is 0 Å². The summed E-state index contributed by atoms with van der Waals surface area (Å²) >= 11 is 3.31. The number of nitrogens with two attached hydrogens (primary N) is 1. The van der Waals surface area contributed by atoms with Crippen LogP contribution in [-0.2, 0) is 11.4 Å². The molecule has 2 rings (SSSR count). The molecule has 0 fully saturated rings. The minimum atomic E-state index is 0.116. The number of halogens is 1. The standard InChI is InChI=1S/C11H13BrN2O3/c1-16-14-8-2-3-17-11-7(8)4-6(5-13)10(15)9(11)12/h4,15H,2-3,5,13H2,1H3/b14-8+. The van der Waals surface area contributed by atoms with Crippen LogP contribution in [0, 0.1) is 0 Å². The van der Waals surface area contributed by atoms with Gasteiger partial charge in [0, 0.05) is 24.1 Å². The summed E-state index contributed by atoms with van der Waals surface area (Å²) in [7, 11) is 1.50. The monoisotopic (exact) mass is 300 g/mol. The van der Waals surface area contributed by atoms with E-state index in [0.29, 0.717) is 28.8 Å². The molecule has 0 saturated heterocycles. The first-order valence-corrected chi connectivity index (χ1v) is 5.96. The molecule has 1 aromatic carbocycles. The van der Waals surface area contributed by atoms with E-state index < -0.39 is 0 Å². The molecule has 1 heterocycles. The van der Waals surface area contributed by atoms with Gasteiger partial charge in [-0.15, -0.1) is 0 Å². The van der Waals surface area contributed by atoms with Gasteiger partial charge in [-0.25, -0.2) is 0 Å². The van der Waals surface area contributed by atoms with Gasteiger partial charge in [-0.1, -0.05) is 5.16 Å². The Kier molecular flexibility index (Phi) is 3.54. The molecule has 0 aliphatic carbocycles. The lowest BCUT2D eigenvalue weighted by Gasteiger charge is -2.21. The Bertz CT molecular complexity index is 474. The van der Waals surface area contributed by atoms with Gasteiger partial charge < -0.3 is 20.4 Å². The van der Waals surface area contributed by atoms with Crippen LogP contribution in [0.5, 0.6) is 11.5 Å². The Hall–Kier alpha value is -1.27. The van der Waals surface area contributed by atoms with E-state index in [2.05, 4.69) is 21.1 Å². The maximum Gasteiger partial charge on any atom is 0.146 e. The quantitative estimate of drug-likeness (QED) is 0.816. The van der Waals surface area contributed by atoms with Crippen LogP contribution in [-0.4, -0.2) is 24.5 Å². The molecule has 0 bridgehead atoms.